The summed E-state index contributed by atoms with van der Waals surface area (Å²) < 4.78 is 11.5. The molecule has 0 fully saturated rings. The number of ether oxygens (including phenoxy) is 2. The van der Waals surface area contributed by atoms with Gasteiger partial charge in [0.25, 0.3) is 5.91 Å². The molecule has 140 valence electrons. The first kappa shape index (κ1) is 19.1. The van der Waals surface area contributed by atoms with Crippen LogP contribution in [0.4, 0.5) is 5.13 Å². The Balaban J connectivity index is 1.75. The molecule has 0 saturated heterocycles. The summed E-state index contributed by atoms with van der Waals surface area (Å²) in [5.41, 5.74) is 3.55. The minimum atomic E-state index is -0.375. The average Bonchev–Trinajstić information content (AvgIpc) is 3.08. The molecule has 2 N–H and O–H groups in total. The fourth-order valence-electron chi connectivity index (χ4n) is 2.60. The zero-order chi connectivity index (χ0) is 19.6. The predicted octanol–water partition coefficient (Wildman–Crippen LogP) is 4.06. The van der Waals surface area contributed by atoms with Gasteiger partial charge in [0.05, 0.1) is 30.0 Å². The smallest absolute Gasteiger partial charge is 0.261 e. The van der Waals surface area contributed by atoms with Crippen LogP contribution in [-0.4, -0.2) is 30.2 Å². The van der Waals surface area contributed by atoms with Gasteiger partial charge in [-0.2, -0.15) is 0 Å². The van der Waals surface area contributed by atoms with Crippen LogP contribution in [0.2, 0.25) is 0 Å². The van der Waals surface area contributed by atoms with E-state index in [1.807, 2.05) is 19.9 Å². The Kier molecular flexibility index (Phi) is 5.57. The van der Waals surface area contributed by atoms with Crippen LogP contribution >= 0.6 is 23.6 Å². The third kappa shape index (κ3) is 4.01. The zero-order valence-electron chi connectivity index (χ0n) is 15.4. The van der Waals surface area contributed by atoms with E-state index in [4.69, 9.17) is 21.7 Å². The number of carbonyl (C=O) groups excluding carboxylic acids is 1. The number of fused-ring (bicyclic) bond motifs is 1. The van der Waals surface area contributed by atoms with Crippen LogP contribution in [0.1, 0.15) is 21.5 Å². The Bertz CT molecular complexity index is 991. The lowest BCUT2D eigenvalue weighted by Crippen LogP contribution is -2.34. The number of thiazole rings is 1. The Hall–Kier alpha value is -2.71. The van der Waals surface area contributed by atoms with Crippen molar-refractivity contribution in [2.24, 2.45) is 0 Å². The second-order valence-corrected chi connectivity index (χ2v) is 7.28. The Labute approximate surface area is 166 Å². The van der Waals surface area contributed by atoms with E-state index in [-0.39, 0.29) is 11.0 Å². The van der Waals surface area contributed by atoms with E-state index in [9.17, 15) is 4.79 Å². The number of thiocarbonyl (C=S) groups is 1. The molecule has 0 aliphatic rings. The molecule has 0 radical (unpaired) electrons. The number of nitrogens with one attached hydrogen (secondary N) is 2. The molecule has 0 unspecified atom stereocenters. The molecule has 27 heavy (non-hydrogen) atoms. The number of rotatable bonds is 4. The van der Waals surface area contributed by atoms with Crippen molar-refractivity contribution < 1.29 is 14.3 Å². The van der Waals surface area contributed by atoms with Gasteiger partial charge in [-0.3, -0.25) is 10.1 Å². The topological polar surface area (TPSA) is 72.5 Å². The van der Waals surface area contributed by atoms with Gasteiger partial charge in [0.2, 0.25) is 0 Å². The molecule has 3 aromatic rings. The van der Waals surface area contributed by atoms with Gasteiger partial charge >= 0.3 is 0 Å². The molecule has 1 aromatic heterocycles. The lowest BCUT2D eigenvalue weighted by atomic mass is 10.1. The van der Waals surface area contributed by atoms with E-state index in [0.29, 0.717) is 22.2 Å². The van der Waals surface area contributed by atoms with Crippen molar-refractivity contribution in [3.8, 4) is 11.5 Å². The number of nitrogens with zero attached hydrogens (tertiary/aromatic N) is 1. The normalized spacial score (nSPS) is 10.5. The Morgan fingerprint density at radius 1 is 1.11 bits per heavy atom. The number of aryl methyl sites for hydroxylation is 2. The number of amides is 1. The molecule has 1 heterocycles. The maximum atomic E-state index is 12.5. The van der Waals surface area contributed by atoms with Crippen molar-refractivity contribution in [2.45, 2.75) is 13.8 Å². The van der Waals surface area contributed by atoms with Crippen LogP contribution in [0.15, 0.2) is 30.3 Å². The Morgan fingerprint density at radius 3 is 2.52 bits per heavy atom. The highest BCUT2D eigenvalue weighted by Gasteiger charge is 2.16. The summed E-state index contributed by atoms with van der Waals surface area (Å²) in [5.74, 6) is 0.630. The largest absolute Gasteiger partial charge is 0.497 e. The van der Waals surface area contributed by atoms with E-state index in [2.05, 4.69) is 21.7 Å². The molecule has 2 aromatic carbocycles. The molecule has 3 rings (SSSR count). The van der Waals surface area contributed by atoms with E-state index >= 15 is 0 Å². The van der Waals surface area contributed by atoms with Crippen molar-refractivity contribution in [2.75, 3.05) is 19.5 Å². The van der Waals surface area contributed by atoms with E-state index < -0.39 is 0 Å². The minimum Gasteiger partial charge on any atom is -0.497 e. The van der Waals surface area contributed by atoms with Crippen molar-refractivity contribution in [3.63, 3.8) is 0 Å². The maximum absolute atomic E-state index is 12.5. The average molecular weight is 402 g/mol. The first-order valence-electron chi connectivity index (χ1n) is 8.14. The molecule has 0 bridgehead atoms. The molecular formula is C19H19N3O3S2. The van der Waals surface area contributed by atoms with Crippen LogP contribution in [0, 0.1) is 13.8 Å². The molecule has 1 amide bonds. The van der Waals surface area contributed by atoms with Crippen LogP contribution in [0.5, 0.6) is 11.5 Å². The monoisotopic (exact) mass is 401 g/mol. The number of aromatic nitrogens is 1. The van der Waals surface area contributed by atoms with Crippen LogP contribution in [0.3, 0.4) is 0 Å². The van der Waals surface area contributed by atoms with Crippen LogP contribution in [0.25, 0.3) is 10.2 Å². The van der Waals surface area contributed by atoms with Crippen molar-refractivity contribution in [1.29, 1.82) is 0 Å². The molecule has 0 aliphatic carbocycles. The number of carbonyl (C=O) groups is 1. The second-order valence-electron chi connectivity index (χ2n) is 5.87. The van der Waals surface area contributed by atoms with Crippen LogP contribution in [-0.2, 0) is 0 Å². The molecule has 0 atom stereocenters. The van der Waals surface area contributed by atoms with E-state index in [1.165, 1.54) is 18.4 Å². The highest BCUT2D eigenvalue weighted by Crippen LogP contribution is 2.31. The summed E-state index contributed by atoms with van der Waals surface area (Å²) in [6.45, 7) is 4.06. The van der Waals surface area contributed by atoms with Crippen molar-refractivity contribution in [1.82, 2.24) is 10.3 Å². The third-order valence-electron chi connectivity index (χ3n) is 4.04. The first-order chi connectivity index (χ1) is 12.9. The molecule has 0 saturated carbocycles. The number of anilines is 1. The summed E-state index contributed by atoms with van der Waals surface area (Å²) >= 11 is 6.77. The van der Waals surface area contributed by atoms with E-state index in [1.54, 1.807) is 25.3 Å². The van der Waals surface area contributed by atoms with Gasteiger partial charge in [0.1, 0.15) is 11.5 Å². The summed E-state index contributed by atoms with van der Waals surface area (Å²) in [4.78, 5) is 17.1. The second kappa shape index (κ2) is 7.89. The van der Waals surface area contributed by atoms with Gasteiger partial charge in [-0.25, -0.2) is 4.98 Å². The minimum absolute atomic E-state index is 0.173. The molecule has 0 aliphatic heterocycles. The van der Waals surface area contributed by atoms with Gasteiger partial charge < -0.3 is 14.8 Å². The maximum Gasteiger partial charge on any atom is 0.261 e. The van der Waals surface area contributed by atoms with Crippen LogP contribution < -0.4 is 20.1 Å². The summed E-state index contributed by atoms with van der Waals surface area (Å²) in [5, 5.41) is 6.45. The Morgan fingerprint density at radius 2 is 1.85 bits per heavy atom. The lowest BCUT2D eigenvalue weighted by molar-refractivity contribution is 0.0974. The van der Waals surface area contributed by atoms with Crippen molar-refractivity contribution in [3.05, 3.63) is 47.0 Å². The first-order valence-corrected chi connectivity index (χ1v) is 9.36. The highest BCUT2D eigenvalue weighted by atomic mass is 32.1. The molecule has 0 spiro atoms. The van der Waals surface area contributed by atoms with Gasteiger partial charge in [0.15, 0.2) is 10.2 Å². The summed E-state index contributed by atoms with van der Waals surface area (Å²) in [6, 6.07) is 9.06. The summed E-state index contributed by atoms with van der Waals surface area (Å²) in [7, 11) is 3.04. The third-order valence-corrected chi connectivity index (χ3v) is 5.35. The SMILES string of the molecule is COc1ccc(C(=O)NC(=S)Nc2nc3c(C)ccc(C)c3s2)c(OC)c1. The fraction of sp³-hybridized carbons (Fsp3) is 0.211. The number of hydrogen-bond donors (Lipinski definition) is 2. The number of hydrogen-bond acceptors (Lipinski definition) is 6. The highest BCUT2D eigenvalue weighted by molar-refractivity contribution is 7.80. The van der Waals surface area contributed by atoms with Crippen molar-refractivity contribution >= 4 is 49.9 Å². The predicted molar refractivity (Wildman–Crippen MR) is 112 cm³/mol. The fourth-order valence-corrected chi connectivity index (χ4v) is 3.87. The van der Waals surface area contributed by atoms with Gasteiger partial charge in [-0.1, -0.05) is 23.5 Å². The standard InChI is InChI=1S/C19H19N3O3S2/c1-10-5-6-11(2)16-15(10)20-19(27-16)22-18(26)21-17(23)13-8-7-12(24-3)9-14(13)25-4/h5-9H,1-4H3,(H2,20,21,22,23,26). The van der Waals surface area contributed by atoms with Gasteiger partial charge in [-0.05, 0) is 49.3 Å². The summed E-state index contributed by atoms with van der Waals surface area (Å²) in [6.07, 6.45) is 0. The molecule has 8 heteroatoms. The molecule has 6 nitrogen and oxygen atoms in total. The quantitative estimate of drug-likeness (QED) is 0.643. The van der Waals surface area contributed by atoms with Gasteiger partial charge in [0, 0.05) is 6.07 Å². The van der Waals surface area contributed by atoms with E-state index in [0.717, 1.165) is 21.3 Å². The number of methoxy groups -OCH3 is 2. The lowest BCUT2D eigenvalue weighted by Gasteiger charge is -2.11. The zero-order valence-corrected chi connectivity index (χ0v) is 17.0. The van der Waals surface area contributed by atoms with Gasteiger partial charge in [-0.15, -0.1) is 0 Å². The number of benzene rings is 2. The molecular weight excluding hydrogens is 382 g/mol.